The molecule has 2 aliphatic rings. The molecule has 3 heterocycles. The maximum absolute atomic E-state index is 15.4. The van der Waals surface area contributed by atoms with Crippen LogP contribution < -0.4 is 15.6 Å². The lowest BCUT2D eigenvalue weighted by Gasteiger charge is -2.24. The smallest absolute Gasteiger partial charge is 0.344 e. The zero-order valence-corrected chi connectivity index (χ0v) is 31.6. The molecule has 3 aromatic heterocycles. The Morgan fingerprint density at radius 2 is 1.75 bits per heavy atom. The topological polar surface area (TPSA) is 146 Å². The van der Waals surface area contributed by atoms with Crippen molar-refractivity contribution in [2.45, 2.75) is 49.9 Å². The van der Waals surface area contributed by atoms with E-state index in [0.717, 1.165) is 33.7 Å². The van der Waals surface area contributed by atoms with Crippen molar-refractivity contribution in [1.29, 1.82) is 0 Å². The summed E-state index contributed by atoms with van der Waals surface area (Å²) in [6.45, 7) is -1.11. The number of halogens is 10. The molecule has 59 heavy (non-hydrogen) atoms. The minimum Gasteiger partial charge on any atom is -0.344 e. The average molecular weight is 873 g/mol. The summed E-state index contributed by atoms with van der Waals surface area (Å²) in [4.78, 5) is 32.9. The Kier molecular flexibility index (Phi) is 9.33. The minimum atomic E-state index is -4.93. The largest absolute Gasteiger partial charge is 0.416 e. The van der Waals surface area contributed by atoms with E-state index >= 15 is 8.78 Å². The highest BCUT2D eigenvalue weighted by Gasteiger charge is 2.67. The van der Waals surface area contributed by atoms with Crippen LogP contribution in [0.4, 0.5) is 45.3 Å². The van der Waals surface area contributed by atoms with Gasteiger partial charge in [-0.3, -0.25) is 28.2 Å². The Morgan fingerprint density at radius 1 is 1.05 bits per heavy atom. The monoisotopic (exact) mass is 872 g/mol. The molecule has 2 aliphatic carbocycles. The SMILES string of the molecule is Cn1nc(NS(C)(=O)=O)c2c(Cl)ccc(-n3c(C(Cc4cc(F)cc(F)c4)NC(=O)Cn4nc(C(F)F)c5c4C(F)(F)[C@@H]4C[C@H]54)nc4cc(C(F)(F)F)ccc4c3=O)c21. The first kappa shape index (κ1) is 40.2. The molecule has 310 valence electrons. The predicted molar refractivity (Wildman–Crippen MR) is 193 cm³/mol. The van der Waals surface area contributed by atoms with Gasteiger partial charge < -0.3 is 5.32 Å². The molecule has 6 aromatic rings. The molecule has 0 saturated heterocycles. The number of carbonyl (C=O) groups excluding carboxylic acids is 1. The fourth-order valence-corrected chi connectivity index (χ4v) is 8.49. The first-order valence-corrected chi connectivity index (χ1v) is 19.6. The number of hydrogen-bond donors (Lipinski definition) is 2. The van der Waals surface area contributed by atoms with Crippen molar-refractivity contribution in [3.8, 4) is 5.69 Å². The summed E-state index contributed by atoms with van der Waals surface area (Å²) in [7, 11) is -2.64. The van der Waals surface area contributed by atoms with Gasteiger partial charge >= 0.3 is 6.18 Å². The molecule has 0 bridgehead atoms. The Bertz CT molecular complexity index is 2910. The summed E-state index contributed by atoms with van der Waals surface area (Å²) in [5.41, 5.74) is -5.43. The molecule has 3 aromatic carbocycles. The number of nitrogens with one attached hydrogen (secondary N) is 2. The maximum atomic E-state index is 15.4. The number of aromatic nitrogens is 6. The highest BCUT2D eigenvalue weighted by atomic mass is 35.5. The molecule has 1 fully saturated rings. The number of benzene rings is 3. The van der Waals surface area contributed by atoms with Crippen LogP contribution in [0.15, 0.2) is 53.3 Å². The van der Waals surface area contributed by atoms with E-state index in [-0.39, 0.29) is 45.0 Å². The van der Waals surface area contributed by atoms with Gasteiger partial charge in [-0.1, -0.05) is 11.6 Å². The first-order valence-electron chi connectivity index (χ1n) is 17.3. The molecule has 12 nitrogen and oxygen atoms in total. The van der Waals surface area contributed by atoms with Gasteiger partial charge in [0.2, 0.25) is 15.9 Å². The van der Waals surface area contributed by atoms with Gasteiger partial charge in [0, 0.05) is 31.0 Å². The van der Waals surface area contributed by atoms with Crippen molar-refractivity contribution in [3.63, 3.8) is 0 Å². The quantitative estimate of drug-likeness (QED) is 0.141. The Balaban J connectivity index is 1.35. The summed E-state index contributed by atoms with van der Waals surface area (Å²) in [6, 6.07) is 4.98. The fourth-order valence-electron chi connectivity index (χ4n) is 7.76. The number of alkyl halides is 7. The number of fused-ring (bicyclic) bond motifs is 5. The van der Waals surface area contributed by atoms with E-state index in [1.807, 2.05) is 0 Å². The zero-order valence-electron chi connectivity index (χ0n) is 30.1. The van der Waals surface area contributed by atoms with E-state index in [9.17, 15) is 48.7 Å². The third kappa shape index (κ3) is 7.04. The summed E-state index contributed by atoms with van der Waals surface area (Å²) < 4.78 is 159. The average Bonchev–Trinajstić information content (AvgIpc) is 3.66. The molecule has 1 saturated carbocycles. The van der Waals surface area contributed by atoms with E-state index in [0.29, 0.717) is 22.9 Å². The van der Waals surface area contributed by atoms with E-state index in [2.05, 4.69) is 25.2 Å². The highest BCUT2D eigenvalue weighted by Crippen LogP contribution is 2.68. The van der Waals surface area contributed by atoms with Crippen molar-refractivity contribution in [2.24, 2.45) is 13.0 Å². The van der Waals surface area contributed by atoms with Crippen LogP contribution in [0.5, 0.6) is 0 Å². The summed E-state index contributed by atoms with van der Waals surface area (Å²) in [5, 5.41) is 9.73. The Hall–Kier alpha value is -5.64. The van der Waals surface area contributed by atoms with Crippen LogP contribution in [0.3, 0.4) is 0 Å². The third-order valence-corrected chi connectivity index (χ3v) is 11.0. The van der Waals surface area contributed by atoms with Crippen LogP contribution in [0.25, 0.3) is 27.5 Å². The number of anilines is 1. The second kappa shape index (κ2) is 13.7. The van der Waals surface area contributed by atoms with E-state index in [1.54, 1.807) is 0 Å². The van der Waals surface area contributed by atoms with Crippen LogP contribution in [0.1, 0.15) is 58.7 Å². The van der Waals surface area contributed by atoms with Crippen LogP contribution in [0.2, 0.25) is 5.02 Å². The first-order chi connectivity index (χ1) is 27.5. The van der Waals surface area contributed by atoms with Crippen molar-refractivity contribution >= 4 is 55.2 Å². The predicted octanol–water partition coefficient (Wildman–Crippen LogP) is 7.04. The molecule has 8 rings (SSSR count). The van der Waals surface area contributed by atoms with Gasteiger partial charge in [-0.05, 0) is 60.4 Å². The molecule has 2 N–H and O–H groups in total. The van der Waals surface area contributed by atoms with Crippen molar-refractivity contribution in [3.05, 3.63) is 109 Å². The molecule has 3 atom stereocenters. The van der Waals surface area contributed by atoms with Crippen LogP contribution in [-0.2, 0) is 46.9 Å². The lowest BCUT2D eigenvalue weighted by Crippen LogP contribution is -2.38. The van der Waals surface area contributed by atoms with Gasteiger partial charge in [0.15, 0.2) is 5.82 Å². The molecule has 1 unspecified atom stereocenters. The highest BCUT2D eigenvalue weighted by molar-refractivity contribution is 7.92. The van der Waals surface area contributed by atoms with Gasteiger partial charge in [0.25, 0.3) is 17.9 Å². The lowest BCUT2D eigenvalue weighted by molar-refractivity contribution is -0.137. The van der Waals surface area contributed by atoms with Gasteiger partial charge in [-0.25, -0.2) is 31.0 Å². The number of sulfonamides is 1. The normalized spacial score (nSPS) is 17.7. The molecule has 23 heteroatoms. The molecule has 0 aliphatic heterocycles. The molecule has 1 amide bonds. The number of rotatable bonds is 10. The van der Waals surface area contributed by atoms with E-state index in [1.165, 1.54) is 19.2 Å². The van der Waals surface area contributed by atoms with Crippen LogP contribution in [0, 0.1) is 17.6 Å². The summed E-state index contributed by atoms with van der Waals surface area (Å²) >= 11 is 6.50. The van der Waals surface area contributed by atoms with Gasteiger partial charge in [-0.2, -0.15) is 32.1 Å². The number of aryl methyl sites for hydroxylation is 1. The van der Waals surface area contributed by atoms with Gasteiger partial charge in [0.1, 0.15) is 35.4 Å². The second-order valence-corrected chi connectivity index (χ2v) is 16.4. The Morgan fingerprint density at radius 3 is 2.39 bits per heavy atom. The summed E-state index contributed by atoms with van der Waals surface area (Å²) in [6.07, 6.45) is -8.09. The minimum absolute atomic E-state index is 0.0469. The third-order valence-electron chi connectivity index (χ3n) is 10.1. The van der Waals surface area contributed by atoms with Crippen molar-refractivity contribution < 1.29 is 52.7 Å². The fraction of sp³-hybridized carbons (Fsp3) is 0.306. The van der Waals surface area contributed by atoms with Gasteiger partial charge in [-0.15, -0.1) is 0 Å². The summed E-state index contributed by atoms with van der Waals surface area (Å²) in [5.74, 6) is -10.0. The maximum Gasteiger partial charge on any atom is 0.416 e. The number of nitrogens with zero attached hydrogens (tertiary/aromatic N) is 6. The second-order valence-electron chi connectivity index (χ2n) is 14.3. The zero-order chi connectivity index (χ0) is 42.7. The van der Waals surface area contributed by atoms with Crippen LogP contribution >= 0.6 is 11.6 Å². The molecular formula is C36H26ClF9N8O4S. The lowest BCUT2D eigenvalue weighted by atomic mass is 10.0. The van der Waals surface area contributed by atoms with Gasteiger partial charge in [0.05, 0.1) is 50.4 Å². The van der Waals surface area contributed by atoms with Crippen molar-refractivity contribution in [2.75, 3.05) is 11.0 Å². The van der Waals surface area contributed by atoms with Crippen LogP contribution in [-0.4, -0.2) is 49.7 Å². The molecule has 0 spiro atoms. The van der Waals surface area contributed by atoms with E-state index in [4.69, 9.17) is 11.6 Å². The number of amides is 1. The standard InChI is InChI=1S/C36H26ClF9N8O4S/c1-52-29-24(6-5-21(37)27(29)32(50-52)51-59(2,57)58)54-33(48-22-10-15(36(44,45)46)3-4-18(22)34(54)56)23(9-14-7-16(38)11-17(39)8-14)47-25(55)13-53-30-26(28(49-53)31(40)41)19-12-20(19)35(30,42)43/h3-8,10-11,19-20,23,31H,9,12-13H2,1-2H3,(H,47,55)(H,50,51)/t19-,20+,23?/m0/s1. The number of hydrogen-bond acceptors (Lipinski definition) is 7. The molecule has 0 radical (unpaired) electrons. The van der Waals surface area contributed by atoms with E-state index < -0.39 is 116 Å². The molecular weight excluding hydrogens is 847 g/mol. The number of carbonyl (C=O) groups is 1. The van der Waals surface area contributed by atoms with Crippen molar-refractivity contribution in [1.82, 2.24) is 34.4 Å². The Labute approximate surface area is 330 Å².